The van der Waals surface area contributed by atoms with Gasteiger partial charge in [0.15, 0.2) is 0 Å². The fraction of sp³-hybridized carbons (Fsp3) is 0.688. The van der Waals surface area contributed by atoms with Crippen LogP contribution in [-0.2, 0) is 0 Å². The van der Waals surface area contributed by atoms with Crippen LogP contribution in [0.1, 0.15) is 52.0 Å². The first-order chi connectivity index (χ1) is 8.88. The second-order valence-electron chi connectivity index (χ2n) is 6.84. The first-order valence-electron chi connectivity index (χ1n) is 7.26. The summed E-state index contributed by atoms with van der Waals surface area (Å²) in [5.41, 5.74) is 2.49. The lowest BCUT2D eigenvalue weighted by Crippen LogP contribution is -2.39. The molecule has 1 aromatic rings. The molecule has 1 fully saturated rings. The highest BCUT2D eigenvalue weighted by Crippen LogP contribution is 2.39. The number of pyridine rings is 1. The highest BCUT2D eigenvalue weighted by atomic mass is 35.5. The van der Waals surface area contributed by atoms with Crippen LogP contribution >= 0.6 is 11.6 Å². The molecule has 1 aromatic heterocycles. The van der Waals surface area contributed by atoms with Crippen molar-refractivity contribution in [1.29, 1.82) is 0 Å². The van der Waals surface area contributed by atoms with Gasteiger partial charge in [0.2, 0.25) is 0 Å². The number of aryl methyl sites for hydroxylation is 1. The molecule has 1 heterocycles. The molecule has 0 radical (unpaired) electrons. The summed E-state index contributed by atoms with van der Waals surface area (Å²) >= 11 is 5.99. The number of nitrogens with one attached hydrogen (secondary N) is 1. The summed E-state index contributed by atoms with van der Waals surface area (Å²) < 4.78 is 0. The van der Waals surface area contributed by atoms with Gasteiger partial charge in [0.1, 0.15) is 5.15 Å². The monoisotopic (exact) mass is 280 g/mol. The number of halogens is 1. The third kappa shape index (κ3) is 3.62. The fourth-order valence-electron chi connectivity index (χ4n) is 3.19. The van der Waals surface area contributed by atoms with Crippen LogP contribution in [0.25, 0.3) is 0 Å². The minimum atomic E-state index is 0.354. The number of nitrogens with zero attached hydrogens (tertiary/aromatic N) is 1. The van der Waals surface area contributed by atoms with E-state index >= 15 is 0 Å². The second-order valence-corrected chi connectivity index (χ2v) is 7.20. The lowest BCUT2D eigenvalue weighted by atomic mass is 9.69. The Morgan fingerprint density at radius 1 is 1.26 bits per heavy atom. The maximum atomic E-state index is 5.99. The number of hydrogen-bond donors (Lipinski definition) is 1. The van der Waals surface area contributed by atoms with E-state index in [0.29, 0.717) is 16.6 Å². The highest BCUT2D eigenvalue weighted by molar-refractivity contribution is 6.30. The van der Waals surface area contributed by atoms with E-state index in [9.17, 15) is 0 Å². The Morgan fingerprint density at radius 3 is 2.58 bits per heavy atom. The van der Waals surface area contributed by atoms with Gasteiger partial charge in [0.25, 0.3) is 0 Å². The summed E-state index contributed by atoms with van der Waals surface area (Å²) in [6, 6.07) is 2.65. The Morgan fingerprint density at radius 2 is 1.95 bits per heavy atom. The third-order valence-electron chi connectivity index (χ3n) is 4.24. The molecule has 106 valence electrons. The predicted molar refractivity (Wildman–Crippen MR) is 82.8 cm³/mol. The molecule has 2 atom stereocenters. The highest BCUT2D eigenvalue weighted by Gasteiger charge is 2.34. The van der Waals surface area contributed by atoms with Gasteiger partial charge in [0, 0.05) is 6.04 Å². The minimum absolute atomic E-state index is 0.354. The lowest BCUT2D eigenvalue weighted by molar-refractivity contribution is 0.163. The Hall–Kier alpha value is -0.760. The number of rotatable bonds is 2. The van der Waals surface area contributed by atoms with Crippen LogP contribution in [0.3, 0.4) is 0 Å². The smallest absolute Gasteiger partial charge is 0.132 e. The van der Waals surface area contributed by atoms with Gasteiger partial charge in [-0.25, -0.2) is 4.98 Å². The molecule has 1 aliphatic rings. The maximum absolute atomic E-state index is 5.99. The van der Waals surface area contributed by atoms with E-state index < -0.39 is 0 Å². The summed E-state index contributed by atoms with van der Waals surface area (Å²) in [5, 5.41) is 4.28. The molecule has 2 rings (SSSR count). The van der Waals surface area contributed by atoms with Gasteiger partial charge in [-0.2, -0.15) is 0 Å². The van der Waals surface area contributed by atoms with Gasteiger partial charge in [-0.3, -0.25) is 0 Å². The van der Waals surface area contributed by atoms with Crippen molar-refractivity contribution in [1.82, 2.24) is 4.98 Å². The van der Waals surface area contributed by atoms with Crippen LogP contribution < -0.4 is 5.32 Å². The molecule has 0 spiro atoms. The lowest BCUT2D eigenvalue weighted by Gasteiger charge is -2.41. The zero-order valence-electron chi connectivity index (χ0n) is 12.5. The number of anilines is 1. The molecule has 3 heteroatoms. The molecule has 0 saturated heterocycles. The molecule has 0 aromatic carbocycles. The van der Waals surface area contributed by atoms with E-state index in [1.165, 1.54) is 25.7 Å². The molecule has 19 heavy (non-hydrogen) atoms. The van der Waals surface area contributed by atoms with Crippen LogP contribution in [0, 0.1) is 18.3 Å². The molecular formula is C16H25ClN2. The summed E-state index contributed by atoms with van der Waals surface area (Å²) in [4.78, 5) is 4.23. The van der Waals surface area contributed by atoms with E-state index in [2.05, 4.69) is 37.1 Å². The summed E-state index contributed by atoms with van der Waals surface area (Å²) in [7, 11) is 0. The first-order valence-corrected chi connectivity index (χ1v) is 7.64. The molecule has 0 aliphatic heterocycles. The van der Waals surface area contributed by atoms with Gasteiger partial charge in [0.05, 0.1) is 11.9 Å². The standard InChI is InChI=1S/C16H25ClN2/c1-11-9-12(10-18-15(11)17)19-14-8-6-5-7-13(14)16(2,3)4/h9-10,13-14,19H,5-8H2,1-4H3. The zero-order chi connectivity index (χ0) is 14.0. The van der Waals surface area contributed by atoms with E-state index in [-0.39, 0.29) is 0 Å². The number of aromatic nitrogens is 1. The van der Waals surface area contributed by atoms with Gasteiger partial charge >= 0.3 is 0 Å². The van der Waals surface area contributed by atoms with Crippen molar-refractivity contribution in [2.75, 3.05) is 5.32 Å². The van der Waals surface area contributed by atoms with Crippen LogP contribution in [0.15, 0.2) is 12.3 Å². The molecule has 1 N–H and O–H groups in total. The topological polar surface area (TPSA) is 24.9 Å². The Balaban J connectivity index is 2.13. The average molecular weight is 281 g/mol. The van der Waals surface area contributed by atoms with E-state index in [1.807, 2.05) is 13.1 Å². The molecule has 0 amide bonds. The molecule has 2 unspecified atom stereocenters. The molecule has 1 saturated carbocycles. The van der Waals surface area contributed by atoms with Gasteiger partial charge in [-0.15, -0.1) is 0 Å². The van der Waals surface area contributed by atoms with Crippen LogP contribution in [0.5, 0.6) is 0 Å². The quantitative estimate of drug-likeness (QED) is 0.766. The van der Waals surface area contributed by atoms with Gasteiger partial charge in [-0.05, 0) is 42.7 Å². The van der Waals surface area contributed by atoms with Gasteiger partial charge in [-0.1, -0.05) is 45.2 Å². The van der Waals surface area contributed by atoms with E-state index in [1.54, 1.807) is 0 Å². The summed E-state index contributed by atoms with van der Waals surface area (Å²) in [5.74, 6) is 0.720. The van der Waals surface area contributed by atoms with Crippen LogP contribution in [-0.4, -0.2) is 11.0 Å². The van der Waals surface area contributed by atoms with Crippen molar-refractivity contribution in [2.24, 2.45) is 11.3 Å². The third-order valence-corrected chi connectivity index (χ3v) is 4.64. The molecule has 0 bridgehead atoms. The Kier molecular flexibility index (Phi) is 4.39. The molecular weight excluding hydrogens is 256 g/mol. The minimum Gasteiger partial charge on any atom is -0.381 e. The molecule has 1 aliphatic carbocycles. The second kappa shape index (κ2) is 5.70. The first kappa shape index (κ1) is 14.6. The van der Waals surface area contributed by atoms with E-state index in [0.717, 1.165) is 17.2 Å². The largest absolute Gasteiger partial charge is 0.381 e. The zero-order valence-corrected chi connectivity index (χ0v) is 13.2. The SMILES string of the molecule is Cc1cc(NC2CCCCC2C(C)(C)C)cnc1Cl. The normalized spacial score (nSPS) is 24.3. The predicted octanol–water partition coefficient (Wildman–Crippen LogP) is 5.06. The Labute approximate surface area is 122 Å². The van der Waals surface area contributed by atoms with Gasteiger partial charge < -0.3 is 5.32 Å². The summed E-state index contributed by atoms with van der Waals surface area (Å²) in [6.07, 6.45) is 7.11. The van der Waals surface area contributed by atoms with Crippen molar-refractivity contribution in [2.45, 2.75) is 59.4 Å². The maximum Gasteiger partial charge on any atom is 0.132 e. The van der Waals surface area contributed by atoms with Crippen molar-refractivity contribution >= 4 is 17.3 Å². The summed E-state index contributed by atoms with van der Waals surface area (Å²) in [6.45, 7) is 9.05. The molecule has 2 nitrogen and oxygen atoms in total. The van der Waals surface area contributed by atoms with Crippen molar-refractivity contribution in [3.63, 3.8) is 0 Å². The van der Waals surface area contributed by atoms with Crippen molar-refractivity contribution in [3.8, 4) is 0 Å². The average Bonchev–Trinajstić information content (AvgIpc) is 2.33. The number of hydrogen-bond acceptors (Lipinski definition) is 2. The van der Waals surface area contributed by atoms with Crippen LogP contribution in [0.4, 0.5) is 5.69 Å². The van der Waals surface area contributed by atoms with E-state index in [4.69, 9.17) is 11.6 Å². The van der Waals surface area contributed by atoms with Crippen LogP contribution in [0.2, 0.25) is 5.15 Å². The fourth-order valence-corrected chi connectivity index (χ4v) is 3.29. The van der Waals surface area contributed by atoms with Crippen molar-refractivity contribution < 1.29 is 0 Å². The van der Waals surface area contributed by atoms with Crippen molar-refractivity contribution in [3.05, 3.63) is 23.0 Å². The Bertz CT molecular complexity index is 437.